The van der Waals surface area contributed by atoms with Gasteiger partial charge in [-0.1, -0.05) is 35.6 Å². The molecule has 0 bridgehead atoms. The lowest BCUT2D eigenvalue weighted by Crippen LogP contribution is -2.32. The molecule has 2 aromatic carbocycles. The number of hydrogen-bond donors (Lipinski definition) is 0. The van der Waals surface area contributed by atoms with Gasteiger partial charge in [0.1, 0.15) is 5.75 Å². The Morgan fingerprint density at radius 3 is 2.71 bits per heavy atom. The van der Waals surface area contributed by atoms with E-state index in [4.69, 9.17) is 4.74 Å². The van der Waals surface area contributed by atoms with Gasteiger partial charge in [0.2, 0.25) is 5.91 Å². The van der Waals surface area contributed by atoms with Gasteiger partial charge >= 0.3 is 0 Å². The van der Waals surface area contributed by atoms with E-state index >= 15 is 0 Å². The van der Waals surface area contributed by atoms with Crippen LogP contribution in [0.2, 0.25) is 0 Å². The Kier molecular flexibility index (Phi) is 5.37. The van der Waals surface area contributed by atoms with E-state index in [1.165, 1.54) is 11.8 Å². The Bertz CT molecular complexity index is 815. The molecular weight excluding hydrogens is 340 g/mol. The first-order valence-electron chi connectivity index (χ1n) is 7.64. The molecule has 0 N–H and O–H groups in total. The third kappa shape index (κ3) is 3.55. The number of methoxy groups -OCH3 is 1. The fourth-order valence-corrected chi connectivity index (χ4v) is 4.30. The number of aromatic nitrogens is 1. The Balaban J connectivity index is 1.74. The number of benzene rings is 2. The molecule has 0 saturated heterocycles. The molecule has 0 radical (unpaired) electrons. The number of fused-ring (bicyclic) bond motifs is 1. The van der Waals surface area contributed by atoms with Crippen LogP contribution in [-0.2, 0) is 4.79 Å². The molecule has 0 atom stereocenters. The van der Waals surface area contributed by atoms with E-state index in [1.807, 2.05) is 55.5 Å². The Labute approximate surface area is 149 Å². The molecule has 0 aliphatic heterocycles. The quantitative estimate of drug-likeness (QED) is 0.611. The van der Waals surface area contributed by atoms with Crippen molar-refractivity contribution in [2.45, 2.75) is 11.8 Å². The van der Waals surface area contributed by atoms with E-state index in [9.17, 15) is 4.79 Å². The Morgan fingerprint density at radius 1 is 1.21 bits per heavy atom. The normalized spacial score (nSPS) is 10.8. The van der Waals surface area contributed by atoms with Crippen LogP contribution < -0.4 is 9.64 Å². The van der Waals surface area contributed by atoms with Crippen LogP contribution >= 0.6 is 23.1 Å². The lowest BCUT2D eigenvalue weighted by atomic mass is 10.3. The third-order valence-corrected chi connectivity index (χ3v) is 5.65. The number of amides is 1. The average molecular weight is 358 g/mol. The molecule has 4 nitrogen and oxygen atoms in total. The number of para-hydroxylation sites is 2. The monoisotopic (exact) mass is 358 g/mol. The predicted molar refractivity (Wildman–Crippen MR) is 101 cm³/mol. The first-order chi connectivity index (χ1) is 11.7. The Hall–Kier alpha value is -2.05. The van der Waals surface area contributed by atoms with Crippen LogP contribution in [0.25, 0.3) is 10.2 Å². The zero-order valence-electron chi connectivity index (χ0n) is 13.6. The smallest absolute Gasteiger partial charge is 0.239 e. The summed E-state index contributed by atoms with van der Waals surface area (Å²) in [5, 5.41) is 0.754. The number of carbonyl (C=O) groups is 1. The van der Waals surface area contributed by atoms with Crippen molar-refractivity contribution >= 4 is 44.4 Å². The van der Waals surface area contributed by atoms with Crippen molar-refractivity contribution in [2.24, 2.45) is 0 Å². The largest absolute Gasteiger partial charge is 0.496 e. The van der Waals surface area contributed by atoms with Gasteiger partial charge in [-0.05, 0) is 31.2 Å². The highest BCUT2D eigenvalue weighted by atomic mass is 32.2. The van der Waals surface area contributed by atoms with Crippen LogP contribution in [0.3, 0.4) is 0 Å². The molecule has 0 fully saturated rings. The van der Waals surface area contributed by atoms with E-state index in [2.05, 4.69) is 4.98 Å². The summed E-state index contributed by atoms with van der Waals surface area (Å²) in [6.45, 7) is 2.57. The van der Waals surface area contributed by atoms with Gasteiger partial charge in [0.05, 0.1) is 23.1 Å². The molecule has 124 valence electrons. The summed E-state index contributed by atoms with van der Waals surface area (Å²) in [7, 11) is 1.64. The summed E-state index contributed by atoms with van der Waals surface area (Å²) in [5.41, 5.74) is 0.932. The standard InChI is InChI=1S/C18H18N2O2S2/c1-3-20(18-19-13-8-4-6-10-15(13)24-18)17(21)12-23-16-11-7-5-9-14(16)22-2/h4-11H,3,12H2,1-2H3. The van der Waals surface area contributed by atoms with E-state index in [0.29, 0.717) is 12.3 Å². The first kappa shape index (κ1) is 16.8. The van der Waals surface area contributed by atoms with Gasteiger partial charge in [0.25, 0.3) is 0 Å². The molecule has 3 aromatic rings. The number of nitrogens with zero attached hydrogens (tertiary/aromatic N) is 2. The molecule has 6 heteroatoms. The highest BCUT2D eigenvalue weighted by molar-refractivity contribution is 8.00. The topological polar surface area (TPSA) is 42.4 Å². The highest BCUT2D eigenvalue weighted by Gasteiger charge is 2.18. The van der Waals surface area contributed by atoms with Crippen LogP contribution in [0, 0.1) is 0 Å². The highest BCUT2D eigenvalue weighted by Crippen LogP contribution is 2.31. The van der Waals surface area contributed by atoms with Crippen molar-refractivity contribution < 1.29 is 9.53 Å². The number of ether oxygens (including phenoxy) is 1. The molecular formula is C18H18N2O2S2. The second kappa shape index (κ2) is 7.68. The Morgan fingerprint density at radius 2 is 1.96 bits per heavy atom. The lowest BCUT2D eigenvalue weighted by molar-refractivity contribution is -0.116. The fraction of sp³-hybridized carbons (Fsp3) is 0.222. The number of anilines is 1. The molecule has 1 aromatic heterocycles. The minimum absolute atomic E-state index is 0.0486. The van der Waals surface area contributed by atoms with Crippen molar-refractivity contribution in [1.29, 1.82) is 0 Å². The number of rotatable bonds is 6. The fourth-order valence-electron chi connectivity index (χ4n) is 2.35. The maximum absolute atomic E-state index is 12.7. The van der Waals surface area contributed by atoms with Gasteiger partial charge in [0, 0.05) is 11.4 Å². The predicted octanol–water partition coefficient (Wildman–Crippen LogP) is 4.45. The third-order valence-electron chi connectivity index (χ3n) is 3.55. The molecule has 24 heavy (non-hydrogen) atoms. The lowest BCUT2D eigenvalue weighted by Gasteiger charge is -2.17. The van der Waals surface area contributed by atoms with Gasteiger partial charge in [-0.2, -0.15) is 0 Å². The molecule has 0 unspecified atom stereocenters. The summed E-state index contributed by atoms with van der Waals surface area (Å²) in [5.74, 6) is 1.19. The van der Waals surface area contributed by atoms with Crippen LogP contribution in [0.1, 0.15) is 6.92 Å². The van der Waals surface area contributed by atoms with Gasteiger partial charge < -0.3 is 4.74 Å². The van der Waals surface area contributed by atoms with Crippen LogP contribution in [0.4, 0.5) is 5.13 Å². The zero-order valence-corrected chi connectivity index (χ0v) is 15.2. The maximum Gasteiger partial charge on any atom is 0.239 e. The van der Waals surface area contributed by atoms with E-state index in [0.717, 1.165) is 26.0 Å². The summed E-state index contributed by atoms with van der Waals surface area (Å²) in [6, 6.07) is 15.7. The van der Waals surface area contributed by atoms with Crippen LogP contribution in [0.15, 0.2) is 53.4 Å². The second-order valence-corrected chi connectivity index (χ2v) is 7.07. The van der Waals surface area contributed by atoms with Crippen molar-refractivity contribution in [3.05, 3.63) is 48.5 Å². The molecule has 1 amide bonds. The van der Waals surface area contributed by atoms with E-state index < -0.39 is 0 Å². The van der Waals surface area contributed by atoms with E-state index in [-0.39, 0.29) is 5.91 Å². The summed E-state index contributed by atoms with van der Waals surface area (Å²) in [6.07, 6.45) is 0. The van der Waals surface area contributed by atoms with Crippen molar-refractivity contribution in [3.8, 4) is 5.75 Å². The van der Waals surface area contributed by atoms with Crippen LogP contribution in [0.5, 0.6) is 5.75 Å². The molecule has 1 heterocycles. The molecule has 0 spiro atoms. The molecule has 0 aliphatic rings. The van der Waals surface area contributed by atoms with E-state index in [1.54, 1.807) is 23.3 Å². The van der Waals surface area contributed by atoms with Gasteiger partial charge in [0.15, 0.2) is 5.13 Å². The second-order valence-electron chi connectivity index (χ2n) is 5.04. The SMILES string of the molecule is CCN(C(=O)CSc1ccccc1OC)c1nc2ccccc2s1. The number of thioether (sulfide) groups is 1. The summed E-state index contributed by atoms with van der Waals surface area (Å²) in [4.78, 5) is 19.9. The maximum atomic E-state index is 12.7. The molecule has 0 saturated carbocycles. The molecule has 0 aliphatic carbocycles. The number of carbonyl (C=O) groups excluding carboxylic acids is 1. The minimum atomic E-state index is 0.0486. The number of thiazole rings is 1. The van der Waals surface area contributed by atoms with Crippen molar-refractivity contribution in [1.82, 2.24) is 4.98 Å². The van der Waals surface area contributed by atoms with Crippen molar-refractivity contribution in [3.63, 3.8) is 0 Å². The average Bonchev–Trinajstić information content (AvgIpc) is 3.04. The van der Waals surface area contributed by atoms with Gasteiger partial charge in [-0.3, -0.25) is 9.69 Å². The van der Waals surface area contributed by atoms with Gasteiger partial charge in [-0.15, -0.1) is 11.8 Å². The van der Waals surface area contributed by atoms with Crippen molar-refractivity contribution in [2.75, 3.05) is 24.3 Å². The summed E-state index contributed by atoms with van der Waals surface area (Å²) >= 11 is 3.03. The first-order valence-corrected chi connectivity index (χ1v) is 9.45. The summed E-state index contributed by atoms with van der Waals surface area (Å²) < 4.78 is 6.43. The van der Waals surface area contributed by atoms with Gasteiger partial charge in [-0.25, -0.2) is 4.98 Å². The molecule has 3 rings (SSSR count). The number of hydrogen-bond acceptors (Lipinski definition) is 5. The van der Waals surface area contributed by atoms with Crippen LogP contribution in [-0.4, -0.2) is 30.3 Å². The minimum Gasteiger partial charge on any atom is -0.496 e. The zero-order chi connectivity index (χ0) is 16.9.